The molecule has 0 spiro atoms. The van der Waals surface area contributed by atoms with E-state index in [2.05, 4.69) is 41.8 Å². The van der Waals surface area contributed by atoms with Crippen LogP contribution >= 0.6 is 0 Å². The number of benzene rings is 2. The van der Waals surface area contributed by atoms with Crippen LogP contribution in [0.2, 0.25) is 0 Å². The van der Waals surface area contributed by atoms with E-state index in [1.165, 1.54) is 22.9 Å². The molecule has 4 nitrogen and oxygen atoms in total. The zero-order valence-corrected chi connectivity index (χ0v) is 17.4. The van der Waals surface area contributed by atoms with Crippen LogP contribution in [0.1, 0.15) is 29.5 Å². The van der Waals surface area contributed by atoms with E-state index in [0.29, 0.717) is 18.7 Å². The second-order valence-electron chi connectivity index (χ2n) is 8.33. The van der Waals surface area contributed by atoms with E-state index in [1.54, 1.807) is 12.1 Å². The van der Waals surface area contributed by atoms with Crippen molar-refractivity contribution in [2.45, 2.75) is 39.3 Å². The molecule has 0 unspecified atom stereocenters. The van der Waals surface area contributed by atoms with Gasteiger partial charge in [0, 0.05) is 50.0 Å². The number of carbonyl (C=O) groups is 1. The lowest BCUT2D eigenvalue weighted by Crippen LogP contribution is -2.50. The molecule has 1 saturated heterocycles. The number of hydrogen-bond donors (Lipinski definition) is 0. The van der Waals surface area contributed by atoms with Gasteiger partial charge in [0.15, 0.2) is 0 Å². The van der Waals surface area contributed by atoms with Crippen molar-refractivity contribution < 1.29 is 9.18 Å². The van der Waals surface area contributed by atoms with Gasteiger partial charge >= 0.3 is 0 Å². The highest BCUT2D eigenvalue weighted by molar-refractivity contribution is 5.79. The Morgan fingerprint density at radius 1 is 1.03 bits per heavy atom. The zero-order valence-electron chi connectivity index (χ0n) is 17.4. The van der Waals surface area contributed by atoms with Crippen molar-refractivity contribution in [3.05, 3.63) is 65.0 Å². The van der Waals surface area contributed by atoms with E-state index in [-0.39, 0.29) is 17.8 Å². The summed E-state index contributed by atoms with van der Waals surface area (Å²) in [5.41, 5.74) is 4.55. The largest absolute Gasteiger partial charge is 0.369 e. The first-order valence-electron chi connectivity index (χ1n) is 10.6. The Bertz CT molecular complexity index is 872. The van der Waals surface area contributed by atoms with Crippen LogP contribution in [0, 0.1) is 19.7 Å². The first-order valence-corrected chi connectivity index (χ1v) is 10.6. The number of aryl methyl sites for hydroxylation is 1. The summed E-state index contributed by atoms with van der Waals surface area (Å²) < 4.78 is 14.1. The highest BCUT2D eigenvalue weighted by Gasteiger charge is 2.34. The second-order valence-corrected chi connectivity index (χ2v) is 8.33. The maximum Gasteiger partial charge on any atom is 0.237 e. The van der Waals surface area contributed by atoms with Crippen molar-refractivity contribution in [1.82, 2.24) is 9.80 Å². The molecule has 1 heterocycles. The van der Waals surface area contributed by atoms with Gasteiger partial charge in [-0.05, 0) is 49.9 Å². The Morgan fingerprint density at radius 3 is 2.45 bits per heavy atom. The molecule has 4 rings (SSSR count). The lowest BCUT2D eigenvalue weighted by molar-refractivity contribution is -0.133. The molecule has 2 aliphatic rings. The van der Waals surface area contributed by atoms with Crippen LogP contribution in [-0.4, -0.2) is 54.5 Å². The molecule has 1 aliphatic heterocycles. The molecule has 0 atom stereocenters. The third-order valence-electron chi connectivity index (χ3n) is 6.25. The molecule has 5 heteroatoms. The lowest BCUT2D eigenvalue weighted by Gasteiger charge is -2.37. The molecule has 29 heavy (non-hydrogen) atoms. The van der Waals surface area contributed by atoms with E-state index >= 15 is 0 Å². The van der Waals surface area contributed by atoms with Gasteiger partial charge in [0.1, 0.15) is 5.82 Å². The molecule has 2 aromatic carbocycles. The summed E-state index contributed by atoms with van der Waals surface area (Å²) in [5.74, 6) is -0.107. The summed E-state index contributed by atoms with van der Waals surface area (Å²) in [5, 5.41) is 0. The number of anilines is 1. The summed E-state index contributed by atoms with van der Waals surface area (Å²) in [6.45, 7) is 8.72. The summed E-state index contributed by atoms with van der Waals surface area (Å²) in [6.07, 6.45) is 2.06. The van der Waals surface area contributed by atoms with Gasteiger partial charge in [-0.2, -0.15) is 0 Å². The van der Waals surface area contributed by atoms with Crippen molar-refractivity contribution in [3.8, 4) is 0 Å². The second kappa shape index (κ2) is 8.54. The van der Waals surface area contributed by atoms with Gasteiger partial charge in [0.25, 0.3) is 0 Å². The van der Waals surface area contributed by atoms with E-state index in [4.69, 9.17) is 0 Å². The number of piperazine rings is 1. The minimum absolute atomic E-state index is 0.121. The topological polar surface area (TPSA) is 26.8 Å². The quantitative estimate of drug-likeness (QED) is 0.745. The Hall–Kier alpha value is -2.40. The minimum Gasteiger partial charge on any atom is -0.369 e. The van der Waals surface area contributed by atoms with Gasteiger partial charge < -0.3 is 9.80 Å². The molecule has 2 fully saturated rings. The first-order chi connectivity index (χ1) is 14.0. The maximum atomic E-state index is 14.1. The van der Waals surface area contributed by atoms with Gasteiger partial charge in [-0.25, -0.2) is 4.39 Å². The molecular weight excluding hydrogens is 365 g/mol. The standard InChI is InChI=1S/C24H30FN3O/c1-18-6-5-9-23(19(18)2)27-14-12-26(13-15-27)17-24(29)28(21-10-11-21)16-20-7-3-4-8-22(20)25/h3-9,21H,10-17H2,1-2H3. The number of amides is 1. The Labute approximate surface area is 172 Å². The molecule has 0 radical (unpaired) electrons. The van der Waals surface area contributed by atoms with Crippen LogP contribution in [-0.2, 0) is 11.3 Å². The van der Waals surface area contributed by atoms with Gasteiger partial charge in [0.2, 0.25) is 5.91 Å². The molecule has 154 valence electrons. The predicted molar refractivity (Wildman–Crippen MR) is 115 cm³/mol. The van der Waals surface area contributed by atoms with Crippen LogP contribution in [0.25, 0.3) is 0 Å². The van der Waals surface area contributed by atoms with Crippen LogP contribution in [0.4, 0.5) is 10.1 Å². The van der Waals surface area contributed by atoms with Crippen LogP contribution in [0.5, 0.6) is 0 Å². The normalized spacial score (nSPS) is 17.4. The number of rotatable bonds is 6. The maximum absolute atomic E-state index is 14.1. The molecule has 2 aromatic rings. The summed E-state index contributed by atoms with van der Waals surface area (Å²) >= 11 is 0. The minimum atomic E-state index is -0.229. The number of halogens is 1. The zero-order chi connectivity index (χ0) is 20.4. The number of carbonyl (C=O) groups excluding carboxylic acids is 1. The van der Waals surface area contributed by atoms with Gasteiger partial charge in [-0.3, -0.25) is 9.69 Å². The fourth-order valence-electron chi connectivity index (χ4n) is 4.12. The summed E-state index contributed by atoms with van der Waals surface area (Å²) in [4.78, 5) is 19.5. The highest BCUT2D eigenvalue weighted by atomic mass is 19.1. The van der Waals surface area contributed by atoms with Crippen molar-refractivity contribution in [1.29, 1.82) is 0 Å². The van der Waals surface area contributed by atoms with Gasteiger partial charge in [-0.1, -0.05) is 30.3 Å². The van der Waals surface area contributed by atoms with E-state index < -0.39 is 0 Å². The molecule has 0 bridgehead atoms. The fourth-order valence-corrected chi connectivity index (χ4v) is 4.12. The average Bonchev–Trinajstić information content (AvgIpc) is 3.55. The van der Waals surface area contributed by atoms with Gasteiger partial charge in [0.05, 0.1) is 6.54 Å². The van der Waals surface area contributed by atoms with Crippen molar-refractivity contribution in [2.75, 3.05) is 37.6 Å². The SMILES string of the molecule is Cc1cccc(N2CCN(CC(=O)N(Cc3ccccc3F)C3CC3)CC2)c1C. The number of nitrogens with zero attached hydrogens (tertiary/aromatic N) is 3. The molecule has 1 amide bonds. The highest BCUT2D eigenvalue weighted by Crippen LogP contribution is 2.29. The molecule has 0 N–H and O–H groups in total. The molecule has 1 aliphatic carbocycles. The molecule has 1 saturated carbocycles. The van der Waals surface area contributed by atoms with E-state index in [1.807, 2.05) is 11.0 Å². The fraction of sp³-hybridized carbons (Fsp3) is 0.458. The summed E-state index contributed by atoms with van der Waals surface area (Å²) in [6, 6.07) is 13.5. The third-order valence-corrected chi connectivity index (χ3v) is 6.25. The number of hydrogen-bond acceptors (Lipinski definition) is 3. The van der Waals surface area contributed by atoms with Crippen molar-refractivity contribution in [3.63, 3.8) is 0 Å². The van der Waals surface area contributed by atoms with Crippen LogP contribution in [0.15, 0.2) is 42.5 Å². The van der Waals surface area contributed by atoms with E-state index in [9.17, 15) is 9.18 Å². The lowest BCUT2D eigenvalue weighted by atomic mass is 10.1. The molecular formula is C24H30FN3O. The van der Waals surface area contributed by atoms with Crippen molar-refractivity contribution in [2.24, 2.45) is 0 Å². The Kier molecular flexibility index (Phi) is 5.86. The first kappa shape index (κ1) is 19.9. The smallest absolute Gasteiger partial charge is 0.237 e. The Morgan fingerprint density at radius 2 is 1.76 bits per heavy atom. The van der Waals surface area contributed by atoms with Crippen LogP contribution in [0.3, 0.4) is 0 Å². The molecule has 0 aromatic heterocycles. The Balaban J connectivity index is 1.35. The summed E-state index contributed by atoms with van der Waals surface area (Å²) in [7, 11) is 0. The van der Waals surface area contributed by atoms with Crippen molar-refractivity contribution >= 4 is 11.6 Å². The van der Waals surface area contributed by atoms with Gasteiger partial charge in [-0.15, -0.1) is 0 Å². The van der Waals surface area contributed by atoms with E-state index in [0.717, 1.165) is 39.0 Å². The average molecular weight is 396 g/mol. The monoisotopic (exact) mass is 395 g/mol. The third kappa shape index (κ3) is 4.61. The predicted octanol–water partition coefficient (Wildman–Crippen LogP) is 3.76. The van der Waals surface area contributed by atoms with Crippen LogP contribution < -0.4 is 4.90 Å².